The molecule has 140 valence electrons. The Balaban J connectivity index is 1.42. The highest BCUT2D eigenvalue weighted by Crippen LogP contribution is 2.33. The number of hydrogen-bond acceptors (Lipinski definition) is 6. The second kappa shape index (κ2) is 6.70. The first-order valence-electron chi connectivity index (χ1n) is 9.18. The van der Waals surface area contributed by atoms with Gasteiger partial charge in [0, 0.05) is 32.1 Å². The van der Waals surface area contributed by atoms with Gasteiger partial charge in [-0.3, -0.25) is 4.68 Å². The summed E-state index contributed by atoms with van der Waals surface area (Å²) in [6, 6.07) is 8.03. The van der Waals surface area contributed by atoms with Gasteiger partial charge in [-0.05, 0) is 30.5 Å². The van der Waals surface area contributed by atoms with Gasteiger partial charge in [-0.2, -0.15) is 9.78 Å². The Morgan fingerprint density at radius 1 is 1.15 bits per heavy atom. The minimum atomic E-state index is 0.267. The molecular weight excluding hydrogens is 346 g/mol. The molecule has 27 heavy (non-hydrogen) atoms. The van der Waals surface area contributed by atoms with Gasteiger partial charge < -0.3 is 14.2 Å². The molecule has 0 amide bonds. The van der Waals surface area contributed by atoms with Crippen molar-refractivity contribution in [1.82, 2.24) is 24.5 Å². The highest BCUT2D eigenvalue weighted by molar-refractivity contribution is 5.44. The summed E-state index contributed by atoms with van der Waals surface area (Å²) in [6.07, 6.45) is 4.35. The van der Waals surface area contributed by atoms with Crippen LogP contribution in [0.3, 0.4) is 0 Å². The smallest absolute Gasteiger partial charge is 0.231 e. The third kappa shape index (κ3) is 3.06. The summed E-state index contributed by atoms with van der Waals surface area (Å²) in [5.41, 5.74) is 1.18. The molecule has 0 radical (unpaired) electrons. The van der Waals surface area contributed by atoms with Crippen LogP contribution in [0.15, 0.2) is 30.5 Å². The van der Waals surface area contributed by atoms with Gasteiger partial charge in [-0.25, -0.2) is 4.98 Å². The summed E-state index contributed by atoms with van der Waals surface area (Å²) in [5.74, 6) is 4.58. The number of rotatable bonds is 5. The third-order valence-electron chi connectivity index (χ3n) is 5.07. The lowest BCUT2D eigenvalue weighted by atomic mass is 10.1. The summed E-state index contributed by atoms with van der Waals surface area (Å²) >= 11 is 0. The first kappa shape index (κ1) is 16.3. The van der Waals surface area contributed by atoms with E-state index < -0.39 is 0 Å². The maximum absolute atomic E-state index is 5.51. The molecule has 2 aromatic heterocycles. The van der Waals surface area contributed by atoms with Crippen LogP contribution in [0, 0.1) is 0 Å². The zero-order valence-corrected chi connectivity index (χ0v) is 15.2. The number of fused-ring (bicyclic) bond motifs is 1. The predicted molar refractivity (Wildman–Crippen MR) is 96.3 cm³/mol. The van der Waals surface area contributed by atoms with E-state index in [1.807, 2.05) is 34.6 Å². The molecule has 0 aliphatic carbocycles. The monoisotopic (exact) mass is 367 g/mol. The van der Waals surface area contributed by atoms with Crippen molar-refractivity contribution in [1.29, 1.82) is 0 Å². The van der Waals surface area contributed by atoms with Crippen molar-refractivity contribution in [3.05, 3.63) is 47.7 Å². The Kier molecular flexibility index (Phi) is 4.05. The molecule has 1 atom stereocenters. The van der Waals surface area contributed by atoms with Crippen LogP contribution >= 0.6 is 0 Å². The highest BCUT2D eigenvalue weighted by atomic mass is 16.7. The van der Waals surface area contributed by atoms with Gasteiger partial charge in [0.15, 0.2) is 23.1 Å². The molecule has 1 unspecified atom stereocenters. The predicted octanol–water partition coefficient (Wildman–Crippen LogP) is 2.02. The molecule has 1 aromatic carbocycles. The molecule has 8 heteroatoms. The van der Waals surface area contributed by atoms with Gasteiger partial charge in [0.2, 0.25) is 6.79 Å². The molecule has 0 N–H and O–H groups in total. The SMILES string of the molecule is Cn1nccc1-n1nc(C2CCOC2)nc1CCc1ccc2c(c1)OCO2. The molecular formula is C19H21N5O3. The van der Waals surface area contributed by atoms with E-state index >= 15 is 0 Å². The van der Waals surface area contributed by atoms with Crippen LogP contribution in [0.25, 0.3) is 5.82 Å². The fourth-order valence-electron chi connectivity index (χ4n) is 3.55. The number of benzene rings is 1. The largest absolute Gasteiger partial charge is 0.454 e. The fraction of sp³-hybridized carbons (Fsp3) is 0.421. The van der Waals surface area contributed by atoms with Crippen molar-refractivity contribution in [3.63, 3.8) is 0 Å². The Labute approximate surface area is 156 Å². The number of ether oxygens (including phenoxy) is 3. The van der Waals surface area contributed by atoms with Crippen LogP contribution in [0.2, 0.25) is 0 Å². The van der Waals surface area contributed by atoms with Gasteiger partial charge in [-0.1, -0.05) is 6.07 Å². The molecule has 2 aliphatic rings. The number of hydrogen-bond donors (Lipinski definition) is 0. The number of nitrogens with zero attached hydrogens (tertiary/aromatic N) is 5. The molecule has 5 rings (SSSR count). The van der Waals surface area contributed by atoms with Crippen LogP contribution < -0.4 is 9.47 Å². The van der Waals surface area contributed by atoms with Gasteiger partial charge in [0.25, 0.3) is 0 Å². The Morgan fingerprint density at radius 2 is 2.07 bits per heavy atom. The van der Waals surface area contributed by atoms with Gasteiger partial charge in [0.05, 0.1) is 12.8 Å². The van der Waals surface area contributed by atoms with Crippen LogP contribution in [-0.4, -0.2) is 44.6 Å². The first-order valence-corrected chi connectivity index (χ1v) is 9.18. The van der Waals surface area contributed by atoms with E-state index in [1.54, 1.807) is 6.20 Å². The van der Waals surface area contributed by atoms with Gasteiger partial charge >= 0.3 is 0 Å². The molecule has 0 bridgehead atoms. The van der Waals surface area contributed by atoms with Gasteiger partial charge in [-0.15, -0.1) is 5.10 Å². The molecule has 0 spiro atoms. The van der Waals surface area contributed by atoms with Crippen molar-refractivity contribution in [2.24, 2.45) is 7.05 Å². The zero-order chi connectivity index (χ0) is 18.2. The average Bonchev–Trinajstić information content (AvgIpc) is 3.45. The molecule has 1 fully saturated rings. The highest BCUT2D eigenvalue weighted by Gasteiger charge is 2.24. The first-order chi connectivity index (χ1) is 13.3. The van der Waals surface area contributed by atoms with E-state index in [2.05, 4.69) is 11.2 Å². The lowest BCUT2D eigenvalue weighted by molar-refractivity contribution is 0.174. The van der Waals surface area contributed by atoms with Crippen LogP contribution in [-0.2, 0) is 24.6 Å². The second-order valence-electron chi connectivity index (χ2n) is 6.86. The van der Waals surface area contributed by atoms with Crippen molar-refractivity contribution >= 4 is 0 Å². The van der Waals surface area contributed by atoms with E-state index in [-0.39, 0.29) is 5.92 Å². The number of aryl methyl sites for hydroxylation is 3. The quantitative estimate of drug-likeness (QED) is 0.687. The summed E-state index contributed by atoms with van der Waals surface area (Å²) in [5, 5.41) is 9.06. The van der Waals surface area contributed by atoms with E-state index in [1.165, 1.54) is 5.56 Å². The number of aromatic nitrogens is 5. The minimum absolute atomic E-state index is 0.267. The lowest BCUT2D eigenvalue weighted by Crippen LogP contribution is -2.09. The Morgan fingerprint density at radius 3 is 2.89 bits per heavy atom. The zero-order valence-electron chi connectivity index (χ0n) is 15.2. The second-order valence-corrected chi connectivity index (χ2v) is 6.86. The van der Waals surface area contributed by atoms with E-state index in [0.29, 0.717) is 13.4 Å². The molecule has 4 heterocycles. The third-order valence-corrected chi connectivity index (χ3v) is 5.07. The Bertz CT molecular complexity index is 958. The van der Waals surface area contributed by atoms with Gasteiger partial charge in [0.1, 0.15) is 5.82 Å². The van der Waals surface area contributed by atoms with Crippen LogP contribution in [0.1, 0.15) is 29.6 Å². The molecule has 0 saturated carbocycles. The van der Waals surface area contributed by atoms with Crippen LogP contribution in [0.4, 0.5) is 0 Å². The summed E-state index contributed by atoms with van der Waals surface area (Å²) in [4.78, 5) is 4.85. The summed E-state index contributed by atoms with van der Waals surface area (Å²) < 4.78 is 20.1. The van der Waals surface area contributed by atoms with Crippen molar-refractivity contribution < 1.29 is 14.2 Å². The van der Waals surface area contributed by atoms with Crippen LogP contribution in [0.5, 0.6) is 11.5 Å². The fourth-order valence-corrected chi connectivity index (χ4v) is 3.55. The van der Waals surface area contributed by atoms with Crippen molar-refractivity contribution in [3.8, 4) is 17.3 Å². The summed E-state index contributed by atoms with van der Waals surface area (Å²) in [6.45, 7) is 1.76. The Hall–Kier alpha value is -2.87. The van der Waals surface area contributed by atoms with Crippen molar-refractivity contribution in [2.75, 3.05) is 20.0 Å². The lowest BCUT2D eigenvalue weighted by Gasteiger charge is -2.06. The normalized spacial score (nSPS) is 18.3. The summed E-state index contributed by atoms with van der Waals surface area (Å²) in [7, 11) is 1.91. The van der Waals surface area contributed by atoms with Crippen molar-refractivity contribution in [2.45, 2.75) is 25.2 Å². The van der Waals surface area contributed by atoms with E-state index in [0.717, 1.165) is 54.8 Å². The van der Waals surface area contributed by atoms with E-state index in [9.17, 15) is 0 Å². The molecule has 8 nitrogen and oxygen atoms in total. The van der Waals surface area contributed by atoms with E-state index in [4.69, 9.17) is 24.3 Å². The maximum atomic E-state index is 5.51. The molecule has 2 aliphatic heterocycles. The maximum Gasteiger partial charge on any atom is 0.231 e. The molecule has 3 aromatic rings. The standard InChI is InChI=1S/C19H21N5O3/c1-23-18(6-8-20-23)24-17(21-19(22-24)14-7-9-25-11-14)5-3-13-2-4-15-16(10-13)27-12-26-15/h2,4,6,8,10,14H,3,5,7,9,11-12H2,1H3. The molecule has 1 saturated heterocycles. The topological polar surface area (TPSA) is 76.2 Å². The minimum Gasteiger partial charge on any atom is -0.454 e. The average molecular weight is 367 g/mol.